The molecule has 1 rings (SSSR count). The zero-order valence-corrected chi connectivity index (χ0v) is 39.2. The van der Waals surface area contributed by atoms with E-state index >= 15 is 0 Å². The molecule has 0 saturated carbocycles. The first-order valence-electron chi connectivity index (χ1n) is 25.2. The molecule has 342 valence electrons. The molecule has 0 aromatic rings. The Hall–Kier alpha value is -1.67. The van der Waals surface area contributed by atoms with Crippen LogP contribution in [0.15, 0.2) is 0 Å². The number of hydrogen-bond acceptors (Lipinski definition) is 8. The van der Waals surface area contributed by atoms with Crippen molar-refractivity contribution in [1.29, 1.82) is 0 Å². The van der Waals surface area contributed by atoms with Gasteiger partial charge in [-0.15, -0.1) is 0 Å². The van der Waals surface area contributed by atoms with Gasteiger partial charge in [0.25, 0.3) is 0 Å². The van der Waals surface area contributed by atoms with Gasteiger partial charge < -0.3 is 19.1 Å². The van der Waals surface area contributed by atoms with E-state index in [9.17, 15) is 14.4 Å². The molecular formula is C50H96N2O6. The highest BCUT2D eigenvalue weighted by Gasteiger charge is 2.21. The molecule has 0 radical (unpaired) electrons. The Labute approximate surface area is 359 Å². The van der Waals surface area contributed by atoms with Crippen molar-refractivity contribution >= 4 is 17.9 Å². The minimum Gasteiger partial charge on any atom is -0.466 e. The first kappa shape index (κ1) is 54.3. The lowest BCUT2D eigenvalue weighted by Crippen LogP contribution is -2.46. The molecule has 1 heterocycles. The van der Waals surface area contributed by atoms with Gasteiger partial charge in [-0.25, -0.2) is 0 Å². The van der Waals surface area contributed by atoms with E-state index in [2.05, 4.69) is 44.5 Å². The van der Waals surface area contributed by atoms with Crippen molar-refractivity contribution in [2.75, 3.05) is 53.0 Å². The Bertz CT molecular complexity index is 878. The molecule has 58 heavy (non-hydrogen) atoms. The fourth-order valence-electron chi connectivity index (χ4n) is 8.43. The van der Waals surface area contributed by atoms with Gasteiger partial charge in [0.15, 0.2) is 0 Å². The van der Waals surface area contributed by atoms with Crippen LogP contribution in [0.5, 0.6) is 0 Å². The van der Waals surface area contributed by atoms with E-state index in [1.807, 2.05) is 0 Å². The number of carbonyl (C=O) groups excluding carboxylic acids is 3. The molecule has 0 N–H and O–H groups in total. The quantitative estimate of drug-likeness (QED) is 0.0342. The van der Waals surface area contributed by atoms with E-state index in [0.29, 0.717) is 44.4 Å². The van der Waals surface area contributed by atoms with Crippen molar-refractivity contribution in [3.05, 3.63) is 0 Å². The van der Waals surface area contributed by atoms with Gasteiger partial charge in [0.2, 0.25) is 0 Å². The van der Waals surface area contributed by atoms with Crippen LogP contribution in [0.3, 0.4) is 0 Å². The molecule has 1 aliphatic heterocycles. The predicted octanol–water partition coefficient (Wildman–Crippen LogP) is 13.0. The van der Waals surface area contributed by atoms with Crippen LogP contribution in [0.4, 0.5) is 0 Å². The zero-order chi connectivity index (χ0) is 42.3. The lowest BCUT2D eigenvalue weighted by atomic mass is 9.92. The average molecular weight is 821 g/mol. The Morgan fingerprint density at radius 3 is 1.16 bits per heavy atom. The maximum atomic E-state index is 13.0. The minimum absolute atomic E-state index is 0.000619. The third-order valence-electron chi connectivity index (χ3n) is 12.4. The van der Waals surface area contributed by atoms with Crippen LogP contribution < -0.4 is 0 Å². The fraction of sp³-hybridized carbons (Fsp3) is 0.940. The standard InChI is InChI=1S/C50H96N2O6/c1-6-10-22-30-45(31-23-11-7-2)42-48(53)56-40-28-20-16-14-18-26-34-47(58-50(55)44-52-38-36-51(5)37-39-52)35-27-19-15-17-21-29-41-57-49(54)43-46(32-24-12-8-3)33-25-13-9-4/h45-47H,6-44H2,1-5H3. The molecule has 0 atom stereocenters. The second-order valence-electron chi connectivity index (χ2n) is 18.1. The van der Waals surface area contributed by atoms with Gasteiger partial charge >= 0.3 is 17.9 Å². The summed E-state index contributed by atoms with van der Waals surface area (Å²) in [5, 5.41) is 0. The van der Waals surface area contributed by atoms with Crippen molar-refractivity contribution in [2.24, 2.45) is 11.8 Å². The number of unbranched alkanes of at least 4 members (excludes halogenated alkanes) is 18. The number of ether oxygens (including phenoxy) is 3. The molecule has 0 bridgehead atoms. The molecule has 0 unspecified atom stereocenters. The maximum absolute atomic E-state index is 13.0. The van der Waals surface area contributed by atoms with E-state index in [4.69, 9.17) is 14.2 Å². The minimum atomic E-state index is -0.0693. The summed E-state index contributed by atoms with van der Waals surface area (Å²) in [6.45, 7) is 14.3. The van der Waals surface area contributed by atoms with Crippen LogP contribution in [0.2, 0.25) is 0 Å². The molecule has 0 amide bonds. The normalized spacial score (nSPS) is 13.9. The van der Waals surface area contributed by atoms with E-state index in [1.165, 1.54) is 89.9 Å². The molecule has 0 aromatic heterocycles. The number of nitrogens with zero attached hydrogens (tertiary/aromatic N) is 2. The van der Waals surface area contributed by atoms with Gasteiger partial charge in [0.05, 0.1) is 19.8 Å². The predicted molar refractivity (Wildman–Crippen MR) is 243 cm³/mol. The van der Waals surface area contributed by atoms with Crippen LogP contribution >= 0.6 is 0 Å². The van der Waals surface area contributed by atoms with E-state index in [0.717, 1.165) is 129 Å². The van der Waals surface area contributed by atoms with E-state index < -0.39 is 0 Å². The highest BCUT2D eigenvalue weighted by Crippen LogP contribution is 2.23. The van der Waals surface area contributed by atoms with Gasteiger partial charge in [0.1, 0.15) is 6.10 Å². The lowest BCUT2D eigenvalue weighted by molar-refractivity contribution is -0.151. The van der Waals surface area contributed by atoms with Gasteiger partial charge in [0, 0.05) is 39.0 Å². The van der Waals surface area contributed by atoms with Crippen molar-refractivity contribution in [2.45, 2.75) is 239 Å². The number of hydrogen-bond donors (Lipinski definition) is 0. The third kappa shape index (κ3) is 33.1. The Balaban J connectivity index is 2.31. The molecule has 1 fully saturated rings. The van der Waals surface area contributed by atoms with Crippen LogP contribution in [0.25, 0.3) is 0 Å². The summed E-state index contributed by atoms with van der Waals surface area (Å²) >= 11 is 0. The number of carbonyl (C=O) groups is 3. The molecular weight excluding hydrogens is 725 g/mol. The summed E-state index contributed by atoms with van der Waals surface area (Å²) in [6.07, 6.45) is 35.6. The molecule has 0 aromatic carbocycles. The number of rotatable bonds is 41. The zero-order valence-electron chi connectivity index (χ0n) is 39.2. The molecule has 1 saturated heterocycles. The second-order valence-corrected chi connectivity index (χ2v) is 18.1. The Kier molecular flexibility index (Phi) is 37.0. The monoisotopic (exact) mass is 821 g/mol. The van der Waals surface area contributed by atoms with Crippen molar-refractivity contribution in [3.8, 4) is 0 Å². The smallest absolute Gasteiger partial charge is 0.320 e. The van der Waals surface area contributed by atoms with E-state index in [1.54, 1.807) is 0 Å². The summed E-state index contributed by atoms with van der Waals surface area (Å²) in [4.78, 5) is 42.6. The summed E-state index contributed by atoms with van der Waals surface area (Å²) in [5.74, 6) is 0.896. The van der Waals surface area contributed by atoms with Crippen LogP contribution in [0, 0.1) is 11.8 Å². The summed E-state index contributed by atoms with van der Waals surface area (Å²) in [5.41, 5.74) is 0. The number of esters is 3. The van der Waals surface area contributed by atoms with Gasteiger partial charge in [-0.1, -0.05) is 156 Å². The van der Waals surface area contributed by atoms with Crippen LogP contribution in [-0.2, 0) is 28.6 Å². The van der Waals surface area contributed by atoms with Gasteiger partial charge in [-0.3, -0.25) is 19.3 Å². The summed E-state index contributed by atoms with van der Waals surface area (Å²) < 4.78 is 17.4. The van der Waals surface area contributed by atoms with Gasteiger partial charge in [-0.05, 0) is 83.1 Å². The molecule has 8 nitrogen and oxygen atoms in total. The molecule has 0 spiro atoms. The summed E-state index contributed by atoms with van der Waals surface area (Å²) in [7, 11) is 2.14. The maximum Gasteiger partial charge on any atom is 0.320 e. The largest absolute Gasteiger partial charge is 0.466 e. The third-order valence-corrected chi connectivity index (χ3v) is 12.4. The molecule has 8 heteroatoms. The number of likely N-dealkylation sites (N-methyl/N-ethyl adjacent to an activating group) is 1. The summed E-state index contributed by atoms with van der Waals surface area (Å²) in [6, 6.07) is 0. The highest BCUT2D eigenvalue weighted by atomic mass is 16.5. The van der Waals surface area contributed by atoms with E-state index in [-0.39, 0.29) is 24.0 Å². The van der Waals surface area contributed by atoms with Crippen LogP contribution in [0.1, 0.15) is 233 Å². The Morgan fingerprint density at radius 2 is 0.776 bits per heavy atom. The van der Waals surface area contributed by atoms with Crippen molar-refractivity contribution in [3.63, 3.8) is 0 Å². The number of piperazine rings is 1. The van der Waals surface area contributed by atoms with Crippen molar-refractivity contribution < 1.29 is 28.6 Å². The molecule has 1 aliphatic rings. The molecule has 0 aliphatic carbocycles. The second kappa shape index (κ2) is 39.5. The SMILES string of the molecule is CCCCCC(CCCCC)CC(=O)OCCCCCCCCC(CCCCCCCCOC(=O)CC(CCCCC)CCCCC)OC(=O)CN1CCN(C)CC1. The average Bonchev–Trinajstić information content (AvgIpc) is 3.20. The van der Waals surface area contributed by atoms with Crippen molar-refractivity contribution in [1.82, 2.24) is 9.80 Å². The Morgan fingerprint density at radius 1 is 0.431 bits per heavy atom. The highest BCUT2D eigenvalue weighted by molar-refractivity contribution is 5.72. The first-order valence-corrected chi connectivity index (χ1v) is 25.2. The lowest BCUT2D eigenvalue weighted by Gasteiger charge is -2.32. The van der Waals surface area contributed by atoms with Crippen LogP contribution in [-0.4, -0.2) is 86.8 Å². The van der Waals surface area contributed by atoms with Gasteiger partial charge in [-0.2, -0.15) is 0 Å². The first-order chi connectivity index (χ1) is 28.3. The fourth-order valence-corrected chi connectivity index (χ4v) is 8.43. The topological polar surface area (TPSA) is 85.4 Å².